The van der Waals surface area contributed by atoms with Crippen molar-refractivity contribution in [3.8, 4) is 0 Å². The minimum atomic E-state index is -0.848. The van der Waals surface area contributed by atoms with Crippen molar-refractivity contribution >= 4 is 39.1 Å². The molecule has 6 heteroatoms. The van der Waals surface area contributed by atoms with Crippen LogP contribution >= 0.6 is 27.3 Å². The Bertz CT molecular complexity index is 474. The first-order valence-electron chi connectivity index (χ1n) is 6.31. The van der Waals surface area contributed by atoms with Crippen molar-refractivity contribution < 1.29 is 14.7 Å². The molecule has 2 unspecified atom stereocenters. The zero-order valence-corrected chi connectivity index (χ0v) is 12.8. The standard InChI is InChI=1S/C13H16BrNO3S/c14-8-5-9(19-7-8)6-15-12(16)10-3-1-2-4-11(10)13(17)18/h5,7,10-11H,1-4,6H2,(H,15,16)(H,17,18). The van der Waals surface area contributed by atoms with Crippen molar-refractivity contribution in [2.45, 2.75) is 32.2 Å². The third kappa shape index (κ3) is 3.79. The fourth-order valence-electron chi connectivity index (χ4n) is 2.49. The summed E-state index contributed by atoms with van der Waals surface area (Å²) in [6, 6.07) is 1.96. The maximum atomic E-state index is 12.1. The molecule has 1 aromatic heterocycles. The Balaban J connectivity index is 1.92. The van der Waals surface area contributed by atoms with Crippen LogP contribution in [0.15, 0.2) is 15.9 Å². The minimum absolute atomic E-state index is 0.128. The van der Waals surface area contributed by atoms with Gasteiger partial charge >= 0.3 is 5.97 Å². The highest BCUT2D eigenvalue weighted by Gasteiger charge is 2.35. The molecule has 0 radical (unpaired) electrons. The van der Waals surface area contributed by atoms with Crippen LogP contribution in [0, 0.1) is 11.8 Å². The molecule has 0 saturated heterocycles. The molecule has 1 heterocycles. The minimum Gasteiger partial charge on any atom is -0.481 e. The molecule has 0 spiro atoms. The molecular formula is C13H16BrNO3S. The van der Waals surface area contributed by atoms with E-state index in [4.69, 9.17) is 5.11 Å². The van der Waals surface area contributed by atoms with E-state index < -0.39 is 11.9 Å². The lowest BCUT2D eigenvalue weighted by molar-refractivity contribution is -0.148. The zero-order chi connectivity index (χ0) is 13.8. The van der Waals surface area contributed by atoms with Crippen molar-refractivity contribution in [3.63, 3.8) is 0 Å². The van der Waals surface area contributed by atoms with Crippen LogP contribution in [0.1, 0.15) is 30.6 Å². The fraction of sp³-hybridized carbons (Fsp3) is 0.538. The van der Waals surface area contributed by atoms with Gasteiger partial charge in [-0.15, -0.1) is 11.3 Å². The normalized spacial score (nSPS) is 23.0. The van der Waals surface area contributed by atoms with Crippen molar-refractivity contribution in [3.05, 3.63) is 20.8 Å². The van der Waals surface area contributed by atoms with Gasteiger partial charge in [0.1, 0.15) is 0 Å². The highest BCUT2D eigenvalue weighted by molar-refractivity contribution is 9.10. The van der Waals surface area contributed by atoms with E-state index in [2.05, 4.69) is 21.2 Å². The predicted octanol–water partition coefficient (Wildman–Crippen LogP) is 3.02. The molecule has 1 amide bonds. The van der Waals surface area contributed by atoms with E-state index in [0.29, 0.717) is 19.4 Å². The van der Waals surface area contributed by atoms with Gasteiger partial charge < -0.3 is 10.4 Å². The Labute approximate surface area is 124 Å². The SMILES string of the molecule is O=C(O)C1CCCCC1C(=O)NCc1cc(Br)cs1. The van der Waals surface area contributed by atoms with E-state index in [0.717, 1.165) is 22.2 Å². The Kier molecular flexibility index (Phi) is 4.99. The maximum Gasteiger partial charge on any atom is 0.307 e. The molecule has 2 atom stereocenters. The Morgan fingerprint density at radius 1 is 1.37 bits per heavy atom. The van der Waals surface area contributed by atoms with Gasteiger partial charge in [-0.1, -0.05) is 12.8 Å². The summed E-state index contributed by atoms with van der Waals surface area (Å²) in [5.74, 6) is -1.88. The topological polar surface area (TPSA) is 66.4 Å². The number of nitrogens with one attached hydrogen (secondary N) is 1. The second kappa shape index (κ2) is 6.52. The molecule has 1 fully saturated rings. The molecule has 2 N–H and O–H groups in total. The van der Waals surface area contributed by atoms with E-state index in [1.807, 2.05) is 11.4 Å². The Hall–Kier alpha value is -0.880. The highest BCUT2D eigenvalue weighted by Crippen LogP contribution is 2.30. The summed E-state index contributed by atoms with van der Waals surface area (Å²) in [7, 11) is 0. The molecule has 2 rings (SSSR count). The van der Waals surface area contributed by atoms with Gasteiger partial charge in [-0.3, -0.25) is 9.59 Å². The molecule has 0 bridgehead atoms. The molecular weight excluding hydrogens is 330 g/mol. The van der Waals surface area contributed by atoms with E-state index in [1.54, 1.807) is 11.3 Å². The Morgan fingerprint density at radius 3 is 2.63 bits per heavy atom. The number of carbonyl (C=O) groups is 2. The smallest absolute Gasteiger partial charge is 0.307 e. The van der Waals surface area contributed by atoms with Crippen LogP contribution in [0.25, 0.3) is 0 Å². The van der Waals surface area contributed by atoms with E-state index in [9.17, 15) is 9.59 Å². The van der Waals surface area contributed by atoms with Gasteiger partial charge in [-0.05, 0) is 34.8 Å². The van der Waals surface area contributed by atoms with E-state index in [-0.39, 0.29) is 11.8 Å². The van der Waals surface area contributed by atoms with Crippen molar-refractivity contribution in [1.29, 1.82) is 0 Å². The number of hydrogen-bond acceptors (Lipinski definition) is 3. The van der Waals surface area contributed by atoms with Crippen LogP contribution in [-0.4, -0.2) is 17.0 Å². The lowest BCUT2D eigenvalue weighted by Gasteiger charge is -2.27. The first-order chi connectivity index (χ1) is 9.08. The molecule has 0 aliphatic heterocycles. The third-order valence-corrected chi connectivity index (χ3v) is 5.18. The number of hydrogen-bond donors (Lipinski definition) is 2. The van der Waals surface area contributed by atoms with Gasteiger partial charge in [0, 0.05) is 14.7 Å². The van der Waals surface area contributed by atoms with Crippen LogP contribution in [0.5, 0.6) is 0 Å². The maximum absolute atomic E-state index is 12.1. The van der Waals surface area contributed by atoms with E-state index >= 15 is 0 Å². The number of aliphatic carboxylic acids is 1. The molecule has 0 aromatic carbocycles. The molecule has 1 aliphatic rings. The number of halogens is 1. The highest BCUT2D eigenvalue weighted by atomic mass is 79.9. The molecule has 4 nitrogen and oxygen atoms in total. The van der Waals surface area contributed by atoms with Crippen molar-refractivity contribution in [1.82, 2.24) is 5.32 Å². The van der Waals surface area contributed by atoms with Crippen LogP contribution in [0.3, 0.4) is 0 Å². The fourth-order valence-corrected chi connectivity index (χ4v) is 3.88. The Morgan fingerprint density at radius 2 is 2.05 bits per heavy atom. The average molecular weight is 346 g/mol. The van der Waals surface area contributed by atoms with Gasteiger partial charge in [0.15, 0.2) is 0 Å². The van der Waals surface area contributed by atoms with Gasteiger partial charge in [0.25, 0.3) is 0 Å². The molecule has 1 aromatic rings. The first-order valence-corrected chi connectivity index (χ1v) is 7.98. The van der Waals surface area contributed by atoms with E-state index in [1.165, 1.54) is 0 Å². The summed E-state index contributed by atoms with van der Waals surface area (Å²) in [6.07, 6.45) is 3.12. The lowest BCUT2D eigenvalue weighted by atomic mass is 9.79. The molecule has 104 valence electrons. The summed E-state index contributed by atoms with van der Waals surface area (Å²) in [5.41, 5.74) is 0. The summed E-state index contributed by atoms with van der Waals surface area (Å²) in [6.45, 7) is 0.470. The summed E-state index contributed by atoms with van der Waals surface area (Å²) >= 11 is 4.93. The van der Waals surface area contributed by atoms with Gasteiger partial charge in [-0.25, -0.2) is 0 Å². The van der Waals surface area contributed by atoms with Gasteiger partial charge in [0.2, 0.25) is 5.91 Å². The zero-order valence-electron chi connectivity index (χ0n) is 10.4. The first kappa shape index (κ1) is 14.5. The second-order valence-corrected chi connectivity index (χ2v) is 6.70. The number of carboxylic acid groups (broad SMARTS) is 1. The average Bonchev–Trinajstić information content (AvgIpc) is 2.81. The quantitative estimate of drug-likeness (QED) is 0.881. The van der Waals surface area contributed by atoms with Crippen LogP contribution in [0.4, 0.5) is 0 Å². The summed E-state index contributed by atoms with van der Waals surface area (Å²) in [5, 5.41) is 14.0. The summed E-state index contributed by atoms with van der Waals surface area (Å²) in [4.78, 5) is 24.3. The molecule has 1 saturated carbocycles. The van der Waals surface area contributed by atoms with Crippen LogP contribution in [-0.2, 0) is 16.1 Å². The number of rotatable bonds is 4. The number of carboxylic acids is 1. The van der Waals surface area contributed by atoms with Gasteiger partial charge in [0.05, 0.1) is 18.4 Å². The largest absolute Gasteiger partial charge is 0.481 e. The summed E-state index contributed by atoms with van der Waals surface area (Å²) < 4.78 is 1.00. The second-order valence-electron chi connectivity index (χ2n) is 4.78. The number of amides is 1. The van der Waals surface area contributed by atoms with Crippen molar-refractivity contribution in [2.24, 2.45) is 11.8 Å². The number of thiophene rings is 1. The monoisotopic (exact) mass is 345 g/mol. The van der Waals surface area contributed by atoms with Crippen LogP contribution < -0.4 is 5.32 Å². The third-order valence-electron chi connectivity index (χ3n) is 3.48. The predicted molar refractivity (Wildman–Crippen MR) is 76.9 cm³/mol. The lowest BCUT2D eigenvalue weighted by Crippen LogP contribution is -2.39. The molecule has 19 heavy (non-hydrogen) atoms. The molecule has 1 aliphatic carbocycles. The number of carbonyl (C=O) groups excluding carboxylic acids is 1. The van der Waals surface area contributed by atoms with Gasteiger partial charge in [-0.2, -0.15) is 0 Å². The van der Waals surface area contributed by atoms with Crippen molar-refractivity contribution in [2.75, 3.05) is 0 Å². The van der Waals surface area contributed by atoms with Crippen LogP contribution in [0.2, 0.25) is 0 Å².